The number of carbonyl (C=O) groups is 2. The summed E-state index contributed by atoms with van der Waals surface area (Å²) >= 11 is 0. The Morgan fingerprint density at radius 1 is 1.53 bits per heavy atom. The SMILES string of the molecule is O=C(O)c1ncccc1NC(=O)N1CCCC1CO. The maximum atomic E-state index is 12.0. The van der Waals surface area contributed by atoms with Gasteiger partial charge in [-0.25, -0.2) is 14.6 Å². The summed E-state index contributed by atoms with van der Waals surface area (Å²) in [5, 5.41) is 20.7. The van der Waals surface area contributed by atoms with Crippen molar-refractivity contribution in [2.75, 3.05) is 18.5 Å². The molecule has 0 spiro atoms. The topological polar surface area (TPSA) is 103 Å². The Hall–Kier alpha value is -2.15. The van der Waals surface area contributed by atoms with Crippen molar-refractivity contribution in [2.24, 2.45) is 0 Å². The molecule has 0 aliphatic carbocycles. The van der Waals surface area contributed by atoms with Gasteiger partial charge < -0.3 is 20.4 Å². The molecule has 102 valence electrons. The minimum atomic E-state index is -1.20. The second kappa shape index (κ2) is 5.66. The third kappa shape index (κ3) is 2.82. The van der Waals surface area contributed by atoms with Crippen LogP contribution in [0.4, 0.5) is 10.5 Å². The van der Waals surface area contributed by atoms with Crippen LogP contribution in [0.3, 0.4) is 0 Å². The van der Waals surface area contributed by atoms with Crippen molar-refractivity contribution >= 4 is 17.7 Å². The highest BCUT2D eigenvalue weighted by Crippen LogP contribution is 2.19. The molecule has 1 saturated heterocycles. The number of carboxylic acids is 1. The number of aromatic carboxylic acids is 1. The highest BCUT2D eigenvalue weighted by molar-refractivity contribution is 5.98. The molecule has 1 aromatic rings. The number of likely N-dealkylation sites (tertiary alicyclic amines) is 1. The number of aliphatic hydroxyl groups excluding tert-OH is 1. The lowest BCUT2D eigenvalue weighted by molar-refractivity contribution is 0.0691. The van der Waals surface area contributed by atoms with Crippen LogP contribution in [0.1, 0.15) is 23.3 Å². The Morgan fingerprint density at radius 3 is 3.00 bits per heavy atom. The second-order valence-corrected chi connectivity index (χ2v) is 4.31. The zero-order chi connectivity index (χ0) is 13.8. The van der Waals surface area contributed by atoms with E-state index in [1.54, 1.807) is 6.07 Å². The quantitative estimate of drug-likeness (QED) is 0.749. The Bertz CT molecular complexity index is 492. The van der Waals surface area contributed by atoms with E-state index < -0.39 is 12.0 Å². The number of hydrogen-bond donors (Lipinski definition) is 3. The summed E-state index contributed by atoms with van der Waals surface area (Å²) in [5.41, 5.74) is -0.0424. The standard InChI is InChI=1S/C12H15N3O4/c16-7-8-3-2-6-15(8)12(19)14-9-4-1-5-13-10(9)11(17)18/h1,4-5,8,16H,2-3,6-7H2,(H,14,19)(H,17,18). The maximum Gasteiger partial charge on any atom is 0.356 e. The van der Waals surface area contributed by atoms with Crippen molar-refractivity contribution in [2.45, 2.75) is 18.9 Å². The average molecular weight is 265 g/mol. The molecule has 2 amide bonds. The van der Waals surface area contributed by atoms with Gasteiger partial charge in [0.05, 0.1) is 18.3 Å². The molecule has 3 N–H and O–H groups in total. The van der Waals surface area contributed by atoms with Crippen molar-refractivity contribution in [3.63, 3.8) is 0 Å². The molecule has 1 unspecified atom stereocenters. The molecule has 1 fully saturated rings. The molecular formula is C12H15N3O4. The molecular weight excluding hydrogens is 250 g/mol. The summed E-state index contributed by atoms with van der Waals surface area (Å²) in [7, 11) is 0. The van der Waals surface area contributed by atoms with Crippen LogP contribution in [0, 0.1) is 0 Å². The van der Waals surface area contributed by atoms with E-state index in [0.717, 1.165) is 12.8 Å². The number of nitrogens with zero attached hydrogens (tertiary/aromatic N) is 2. The lowest BCUT2D eigenvalue weighted by Crippen LogP contribution is -2.40. The first-order valence-electron chi connectivity index (χ1n) is 6.00. The first-order valence-corrected chi connectivity index (χ1v) is 6.00. The van der Waals surface area contributed by atoms with Crippen molar-refractivity contribution in [1.82, 2.24) is 9.88 Å². The van der Waals surface area contributed by atoms with E-state index in [0.29, 0.717) is 6.54 Å². The Labute approximate surface area is 109 Å². The van der Waals surface area contributed by atoms with Gasteiger partial charge in [-0.05, 0) is 25.0 Å². The number of anilines is 1. The summed E-state index contributed by atoms with van der Waals surface area (Å²) in [6.07, 6.45) is 2.94. The van der Waals surface area contributed by atoms with Gasteiger partial charge in [-0.15, -0.1) is 0 Å². The normalized spacial score (nSPS) is 18.4. The largest absolute Gasteiger partial charge is 0.476 e. The number of carbonyl (C=O) groups excluding carboxylic acids is 1. The molecule has 1 aliphatic rings. The lowest BCUT2D eigenvalue weighted by atomic mass is 10.2. The Morgan fingerprint density at radius 2 is 2.32 bits per heavy atom. The molecule has 2 heterocycles. The van der Waals surface area contributed by atoms with Gasteiger partial charge in [-0.1, -0.05) is 0 Å². The fraction of sp³-hybridized carbons (Fsp3) is 0.417. The molecule has 7 heteroatoms. The highest BCUT2D eigenvalue weighted by Gasteiger charge is 2.28. The Balaban J connectivity index is 2.13. The van der Waals surface area contributed by atoms with Gasteiger partial charge in [0.25, 0.3) is 0 Å². The van der Waals surface area contributed by atoms with Gasteiger partial charge in [0, 0.05) is 12.7 Å². The predicted octanol–water partition coefficient (Wildman–Crippen LogP) is 0.768. The van der Waals surface area contributed by atoms with Gasteiger partial charge in [0.15, 0.2) is 5.69 Å². The number of hydrogen-bond acceptors (Lipinski definition) is 4. The number of pyridine rings is 1. The van der Waals surface area contributed by atoms with Crippen molar-refractivity contribution < 1.29 is 19.8 Å². The number of rotatable bonds is 3. The fourth-order valence-electron chi connectivity index (χ4n) is 2.16. The molecule has 2 rings (SSSR count). The van der Waals surface area contributed by atoms with Crippen LogP contribution in [0.5, 0.6) is 0 Å². The van der Waals surface area contributed by atoms with E-state index in [-0.39, 0.29) is 24.0 Å². The van der Waals surface area contributed by atoms with E-state index in [9.17, 15) is 9.59 Å². The van der Waals surface area contributed by atoms with Gasteiger partial charge in [-0.3, -0.25) is 0 Å². The summed E-state index contributed by atoms with van der Waals surface area (Å²) in [6.45, 7) is 0.464. The first-order chi connectivity index (χ1) is 9.13. The summed E-state index contributed by atoms with van der Waals surface area (Å²) < 4.78 is 0. The van der Waals surface area contributed by atoms with Gasteiger partial charge in [0.2, 0.25) is 0 Å². The number of amides is 2. The first kappa shape index (κ1) is 13.3. The van der Waals surface area contributed by atoms with E-state index in [1.165, 1.54) is 17.2 Å². The van der Waals surface area contributed by atoms with E-state index >= 15 is 0 Å². The summed E-state index contributed by atoms with van der Waals surface area (Å²) in [6, 6.07) is 2.42. The fourth-order valence-corrected chi connectivity index (χ4v) is 2.16. The maximum absolute atomic E-state index is 12.0. The molecule has 0 bridgehead atoms. The molecule has 0 saturated carbocycles. The van der Waals surface area contributed by atoms with E-state index in [1.807, 2.05) is 0 Å². The minimum absolute atomic E-state index is 0.0910. The average Bonchev–Trinajstić information content (AvgIpc) is 2.87. The number of carboxylic acid groups (broad SMARTS) is 1. The third-order valence-corrected chi connectivity index (χ3v) is 3.10. The number of nitrogens with one attached hydrogen (secondary N) is 1. The van der Waals surface area contributed by atoms with Crippen LogP contribution in [0.15, 0.2) is 18.3 Å². The van der Waals surface area contributed by atoms with Crippen LogP contribution in [0.25, 0.3) is 0 Å². The Kier molecular flexibility index (Phi) is 3.96. The highest BCUT2D eigenvalue weighted by atomic mass is 16.4. The van der Waals surface area contributed by atoms with Crippen molar-refractivity contribution in [1.29, 1.82) is 0 Å². The number of urea groups is 1. The number of aromatic nitrogens is 1. The second-order valence-electron chi connectivity index (χ2n) is 4.31. The van der Waals surface area contributed by atoms with Crippen LogP contribution in [0.2, 0.25) is 0 Å². The molecule has 0 aromatic carbocycles. The smallest absolute Gasteiger partial charge is 0.356 e. The lowest BCUT2D eigenvalue weighted by Gasteiger charge is -2.23. The molecule has 0 radical (unpaired) electrons. The summed E-state index contributed by atoms with van der Waals surface area (Å²) in [4.78, 5) is 28.2. The van der Waals surface area contributed by atoms with Gasteiger partial charge in [0.1, 0.15) is 0 Å². The third-order valence-electron chi connectivity index (χ3n) is 3.10. The van der Waals surface area contributed by atoms with E-state index in [2.05, 4.69) is 10.3 Å². The zero-order valence-electron chi connectivity index (χ0n) is 10.2. The van der Waals surface area contributed by atoms with Crippen LogP contribution >= 0.6 is 0 Å². The number of aliphatic hydroxyl groups is 1. The molecule has 7 nitrogen and oxygen atoms in total. The van der Waals surface area contributed by atoms with Crippen LogP contribution in [-0.2, 0) is 0 Å². The zero-order valence-corrected chi connectivity index (χ0v) is 10.2. The molecule has 19 heavy (non-hydrogen) atoms. The predicted molar refractivity (Wildman–Crippen MR) is 67.0 cm³/mol. The van der Waals surface area contributed by atoms with Crippen molar-refractivity contribution in [3.8, 4) is 0 Å². The van der Waals surface area contributed by atoms with Crippen LogP contribution in [-0.4, -0.2) is 51.3 Å². The van der Waals surface area contributed by atoms with E-state index in [4.69, 9.17) is 10.2 Å². The minimum Gasteiger partial charge on any atom is -0.476 e. The van der Waals surface area contributed by atoms with Crippen LogP contribution < -0.4 is 5.32 Å². The van der Waals surface area contributed by atoms with Gasteiger partial charge in [-0.2, -0.15) is 0 Å². The van der Waals surface area contributed by atoms with Gasteiger partial charge >= 0.3 is 12.0 Å². The monoisotopic (exact) mass is 265 g/mol. The molecule has 1 aliphatic heterocycles. The van der Waals surface area contributed by atoms with Crippen molar-refractivity contribution in [3.05, 3.63) is 24.0 Å². The molecule has 1 atom stereocenters. The summed E-state index contributed by atoms with van der Waals surface area (Å²) in [5.74, 6) is -1.20. The molecule has 1 aromatic heterocycles.